The van der Waals surface area contributed by atoms with E-state index in [4.69, 9.17) is 5.11 Å². The Labute approximate surface area is 124 Å². The largest absolute Gasteiger partial charge is 0.396 e. The molecule has 1 aliphatic carbocycles. The molecule has 1 aliphatic rings. The lowest BCUT2D eigenvalue weighted by molar-refractivity contribution is -0.117. The van der Waals surface area contributed by atoms with Crippen LogP contribution >= 0.6 is 0 Å². The average Bonchev–Trinajstić information content (AvgIpc) is 3.31. The van der Waals surface area contributed by atoms with Gasteiger partial charge in [-0.2, -0.15) is 0 Å². The maximum atomic E-state index is 12.2. The first-order valence-corrected chi connectivity index (χ1v) is 7.33. The topological polar surface area (TPSA) is 49.3 Å². The van der Waals surface area contributed by atoms with Crippen LogP contribution in [0.2, 0.25) is 0 Å². The van der Waals surface area contributed by atoms with E-state index in [1.807, 2.05) is 42.5 Å². The molecule has 2 aromatic rings. The number of hydrogen-bond acceptors (Lipinski definition) is 2. The molecule has 2 atom stereocenters. The number of benzene rings is 2. The molecule has 0 spiro atoms. The van der Waals surface area contributed by atoms with E-state index in [-0.39, 0.29) is 18.4 Å². The second-order valence-corrected chi connectivity index (χ2v) is 5.52. The third kappa shape index (κ3) is 3.31. The smallest absolute Gasteiger partial charge is 0.228 e. The van der Waals surface area contributed by atoms with E-state index in [2.05, 4.69) is 17.4 Å². The van der Waals surface area contributed by atoms with Crippen molar-refractivity contribution in [2.24, 2.45) is 5.92 Å². The van der Waals surface area contributed by atoms with E-state index in [1.165, 1.54) is 5.56 Å². The van der Waals surface area contributed by atoms with E-state index in [1.54, 1.807) is 0 Å². The summed E-state index contributed by atoms with van der Waals surface area (Å²) in [6, 6.07) is 17.9. The van der Waals surface area contributed by atoms with E-state index < -0.39 is 0 Å². The second-order valence-electron chi connectivity index (χ2n) is 5.52. The third-order valence-corrected chi connectivity index (χ3v) is 3.98. The van der Waals surface area contributed by atoms with Crippen molar-refractivity contribution >= 4 is 11.6 Å². The van der Waals surface area contributed by atoms with Gasteiger partial charge in [-0.05, 0) is 42.0 Å². The monoisotopic (exact) mass is 281 g/mol. The van der Waals surface area contributed by atoms with Crippen LogP contribution in [0.4, 0.5) is 5.69 Å². The normalized spacial score (nSPS) is 20.0. The Kier molecular flexibility index (Phi) is 4.02. The summed E-state index contributed by atoms with van der Waals surface area (Å²) >= 11 is 0. The highest BCUT2D eigenvalue weighted by atomic mass is 16.2. The summed E-state index contributed by atoms with van der Waals surface area (Å²) in [6.07, 6.45) is 1.57. The molecule has 0 saturated heterocycles. The minimum atomic E-state index is 0.0875. The molecule has 1 saturated carbocycles. The number of aliphatic hydroxyl groups excluding tert-OH is 1. The summed E-state index contributed by atoms with van der Waals surface area (Å²) in [6.45, 7) is 0.145. The quantitative estimate of drug-likeness (QED) is 0.885. The Hall–Kier alpha value is -2.13. The zero-order chi connectivity index (χ0) is 14.7. The maximum absolute atomic E-state index is 12.2. The lowest BCUT2D eigenvalue weighted by Gasteiger charge is -2.06. The summed E-state index contributed by atoms with van der Waals surface area (Å²) in [4.78, 5) is 12.2. The Balaban J connectivity index is 1.58. The molecule has 0 bridgehead atoms. The fourth-order valence-electron chi connectivity index (χ4n) is 2.67. The van der Waals surface area contributed by atoms with E-state index >= 15 is 0 Å². The molecule has 1 fully saturated rings. The van der Waals surface area contributed by atoms with Gasteiger partial charge in [0.2, 0.25) is 5.91 Å². The molecule has 3 nitrogen and oxygen atoms in total. The highest BCUT2D eigenvalue weighted by Gasteiger charge is 2.43. The van der Waals surface area contributed by atoms with Crippen LogP contribution in [-0.2, 0) is 11.2 Å². The van der Waals surface area contributed by atoms with Crippen LogP contribution in [0.5, 0.6) is 0 Å². The number of aliphatic hydroxyl groups is 1. The van der Waals surface area contributed by atoms with Crippen LogP contribution < -0.4 is 5.32 Å². The lowest BCUT2D eigenvalue weighted by atomic mass is 10.1. The third-order valence-electron chi connectivity index (χ3n) is 3.98. The molecule has 0 unspecified atom stereocenters. The van der Waals surface area contributed by atoms with Gasteiger partial charge in [0.25, 0.3) is 0 Å². The summed E-state index contributed by atoms with van der Waals surface area (Å²) < 4.78 is 0. The van der Waals surface area contributed by atoms with E-state index in [9.17, 15) is 4.79 Å². The van der Waals surface area contributed by atoms with Gasteiger partial charge in [-0.1, -0.05) is 42.5 Å². The summed E-state index contributed by atoms with van der Waals surface area (Å²) in [5.74, 6) is 0.545. The predicted molar refractivity (Wildman–Crippen MR) is 83.2 cm³/mol. The van der Waals surface area contributed by atoms with Crippen LogP contribution in [0.25, 0.3) is 0 Å². The van der Waals surface area contributed by atoms with Crippen LogP contribution in [-0.4, -0.2) is 17.6 Å². The predicted octanol–water partition coefficient (Wildman–Crippen LogP) is 2.96. The van der Waals surface area contributed by atoms with E-state index in [0.29, 0.717) is 12.3 Å². The first-order chi connectivity index (χ1) is 10.3. The van der Waals surface area contributed by atoms with Gasteiger partial charge >= 0.3 is 0 Å². The molecule has 3 heteroatoms. The zero-order valence-electron chi connectivity index (χ0n) is 11.8. The number of carbonyl (C=O) groups is 1. The fraction of sp³-hybridized carbons (Fsp3) is 0.278. The van der Waals surface area contributed by atoms with Crippen molar-refractivity contribution in [1.29, 1.82) is 0 Å². The average molecular weight is 281 g/mol. The summed E-state index contributed by atoms with van der Waals surface area (Å²) in [5.41, 5.74) is 3.14. The Morgan fingerprint density at radius 1 is 1.10 bits per heavy atom. The SMILES string of the molecule is O=C(Nc1ccc(CCO)cc1)[C@@H]1C[C@H]1c1ccccc1. The van der Waals surface area contributed by atoms with Gasteiger partial charge in [0.05, 0.1) is 0 Å². The molecule has 3 rings (SSSR count). The van der Waals surface area contributed by atoms with Crippen molar-refractivity contribution in [2.45, 2.75) is 18.8 Å². The molecule has 0 radical (unpaired) electrons. The van der Waals surface area contributed by atoms with E-state index in [0.717, 1.165) is 17.7 Å². The number of amides is 1. The molecule has 1 amide bonds. The van der Waals surface area contributed by atoms with Crippen LogP contribution in [0.1, 0.15) is 23.5 Å². The fourth-order valence-corrected chi connectivity index (χ4v) is 2.67. The zero-order valence-corrected chi connectivity index (χ0v) is 11.8. The van der Waals surface area contributed by atoms with Gasteiger partial charge in [-0.15, -0.1) is 0 Å². The highest BCUT2D eigenvalue weighted by molar-refractivity contribution is 5.95. The van der Waals surface area contributed by atoms with Crippen molar-refractivity contribution in [3.05, 3.63) is 65.7 Å². The minimum Gasteiger partial charge on any atom is -0.396 e. The van der Waals surface area contributed by atoms with Crippen molar-refractivity contribution in [2.75, 3.05) is 11.9 Å². The number of rotatable bonds is 5. The first kappa shape index (κ1) is 13.8. The van der Waals surface area contributed by atoms with Gasteiger partial charge < -0.3 is 10.4 Å². The molecule has 2 aromatic carbocycles. The number of anilines is 1. The van der Waals surface area contributed by atoms with Crippen LogP contribution in [0.15, 0.2) is 54.6 Å². The first-order valence-electron chi connectivity index (χ1n) is 7.33. The van der Waals surface area contributed by atoms with Gasteiger partial charge in [-0.3, -0.25) is 4.79 Å². The van der Waals surface area contributed by atoms with Gasteiger partial charge in [0.1, 0.15) is 0 Å². The maximum Gasteiger partial charge on any atom is 0.228 e. The summed E-state index contributed by atoms with van der Waals surface area (Å²) in [5, 5.41) is 11.9. The molecular weight excluding hydrogens is 262 g/mol. The van der Waals surface area contributed by atoms with Gasteiger partial charge in [0, 0.05) is 18.2 Å². The Morgan fingerprint density at radius 3 is 2.48 bits per heavy atom. The van der Waals surface area contributed by atoms with Crippen molar-refractivity contribution in [3.63, 3.8) is 0 Å². The molecular formula is C18H19NO2. The molecule has 0 aromatic heterocycles. The Morgan fingerprint density at radius 2 is 1.81 bits per heavy atom. The molecule has 0 aliphatic heterocycles. The molecule has 0 heterocycles. The number of hydrogen-bond donors (Lipinski definition) is 2. The second kappa shape index (κ2) is 6.10. The van der Waals surface area contributed by atoms with Gasteiger partial charge in [-0.25, -0.2) is 0 Å². The minimum absolute atomic E-state index is 0.0875. The van der Waals surface area contributed by atoms with Crippen molar-refractivity contribution in [1.82, 2.24) is 0 Å². The van der Waals surface area contributed by atoms with Crippen molar-refractivity contribution < 1.29 is 9.90 Å². The molecule has 108 valence electrons. The van der Waals surface area contributed by atoms with Gasteiger partial charge in [0.15, 0.2) is 0 Å². The highest BCUT2D eigenvalue weighted by Crippen LogP contribution is 2.47. The number of nitrogens with one attached hydrogen (secondary N) is 1. The molecule has 2 N–H and O–H groups in total. The van der Waals surface area contributed by atoms with Crippen molar-refractivity contribution in [3.8, 4) is 0 Å². The van der Waals surface area contributed by atoms with Crippen LogP contribution in [0.3, 0.4) is 0 Å². The number of carbonyl (C=O) groups excluding carboxylic acids is 1. The Bertz CT molecular complexity index is 607. The van der Waals surface area contributed by atoms with Crippen LogP contribution in [0, 0.1) is 5.92 Å². The standard InChI is InChI=1S/C18H19NO2/c20-11-10-13-6-8-15(9-7-13)19-18(21)17-12-16(17)14-4-2-1-3-5-14/h1-9,16-17,20H,10-12H2,(H,19,21)/t16-,17+/m0/s1. The summed E-state index contributed by atoms with van der Waals surface area (Å²) in [7, 11) is 0. The molecule has 21 heavy (non-hydrogen) atoms. The lowest BCUT2D eigenvalue weighted by Crippen LogP contribution is -2.14.